The number of carbonyl (C=O) groups excluding carboxylic acids is 1. The second-order valence-electron chi connectivity index (χ2n) is 5.24. The predicted octanol–water partition coefficient (Wildman–Crippen LogP) is 2.98. The molecule has 0 fully saturated rings. The van der Waals surface area contributed by atoms with E-state index in [0.717, 1.165) is 0 Å². The molecule has 0 unspecified atom stereocenters. The van der Waals surface area contributed by atoms with Gasteiger partial charge in [0.05, 0.1) is 0 Å². The van der Waals surface area contributed by atoms with Crippen molar-refractivity contribution in [3.8, 4) is 11.5 Å². The highest BCUT2D eigenvalue weighted by molar-refractivity contribution is 7.92. The van der Waals surface area contributed by atoms with Crippen molar-refractivity contribution in [3.05, 3.63) is 53.9 Å². The van der Waals surface area contributed by atoms with Gasteiger partial charge in [-0.05, 0) is 44.2 Å². The van der Waals surface area contributed by atoms with Crippen LogP contribution in [-0.4, -0.2) is 24.4 Å². The minimum absolute atomic E-state index is 0.0442. The summed E-state index contributed by atoms with van der Waals surface area (Å²) in [4.78, 5) is 11.3. The summed E-state index contributed by atoms with van der Waals surface area (Å²) in [6.45, 7) is 3.03. The summed E-state index contributed by atoms with van der Waals surface area (Å²) in [6, 6.07) is 9.34. The lowest BCUT2D eigenvalue weighted by Crippen LogP contribution is -2.13. The topological polar surface area (TPSA) is 105 Å². The van der Waals surface area contributed by atoms with Crippen molar-refractivity contribution in [1.82, 2.24) is 10.2 Å². The van der Waals surface area contributed by atoms with Crippen LogP contribution in [0.1, 0.15) is 23.0 Å². The van der Waals surface area contributed by atoms with Crippen LogP contribution in [0.5, 0.6) is 0 Å². The zero-order valence-electron chi connectivity index (χ0n) is 13.0. The molecule has 8 heteroatoms. The Bertz CT molecular complexity index is 971. The van der Waals surface area contributed by atoms with Crippen LogP contribution in [-0.2, 0) is 10.0 Å². The van der Waals surface area contributed by atoms with Crippen LogP contribution in [0.3, 0.4) is 0 Å². The van der Waals surface area contributed by atoms with Crippen molar-refractivity contribution in [2.75, 3.05) is 4.72 Å². The monoisotopic (exact) mass is 345 g/mol. The summed E-state index contributed by atoms with van der Waals surface area (Å²) in [6.07, 6.45) is 1.55. The molecule has 0 spiro atoms. The van der Waals surface area contributed by atoms with Gasteiger partial charge in [0.1, 0.15) is 16.3 Å². The first kappa shape index (κ1) is 16.0. The molecular weight excluding hydrogens is 330 g/mol. The quantitative estimate of drug-likeness (QED) is 0.692. The number of rotatable bonds is 5. The maximum atomic E-state index is 12.6. The summed E-state index contributed by atoms with van der Waals surface area (Å²) in [7, 11) is -3.81. The Labute approximate surface area is 138 Å². The molecule has 124 valence electrons. The molecule has 1 aromatic carbocycles. The van der Waals surface area contributed by atoms with Crippen molar-refractivity contribution in [3.63, 3.8) is 0 Å². The number of benzene rings is 1. The Kier molecular flexibility index (Phi) is 3.98. The van der Waals surface area contributed by atoms with E-state index in [1.165, 1.54) is 13.0 Å². The number of ketones is 1. The number of nitrogens with zero attached hydrogens (tertiary/aromatic N) is 1. The molecule has 0 bridgehead atoms. The minimum Gasteiger partial charge on any atom is -0.458 e. The van der Waals surface area contributed by atoms with Gasteiger partial charge in [-0.2, -0.15) is 5.10 Å². The largest absolute Gasteiger partial charge is 0.458 e. The zero-order chi connectivity index (χ0) is 17.3. The van der Waals surface area contributed by atoms with Crippen molar-refractivity contribution in [2.24, 2.45) is 0 Å². The molecule has 0 amide bonds. The molecule has 2 aromatic heterocycles. The smallest absolute Gasteiger partial charge is 0.265 e. The average molecular weight is 345 g/mol. The molecule has 0 saturated carbocycles. The standard InChI is InChI=1S/C16H15N3O4S/c1-10(20)12-3-5-13(6-4-12)19-24(21,22)16-9-15(23-11(16)2)14-7-8-17-18-14/h3-9,19H,1-2H3,(H,17,18). The van der Waals surface area contributed by atoms with E-state index in [9.17, 15) is 13.2 Å². The molecular formula is C16H15N3O4S. The Morgan fingerprint density at radius 1 is 1.21 bits per heavy atom. The van der Waals surface area contributed by atoms with E-state index in [1.807, 2.05) is 0 Å². The number of anilines is 1. The van der Waals surface area contributed by atoms with E-state index in [-0.39, 0.29) is 16.4 Å². The van der Waals surface area contributed by atoms with Crippen molar-refractivity contribution in [2.45, 2.75) is 18.7 Å². The van der Waals surface area contributed by atoms with Crippen LogP contribution in [0.4, 0.5) is 5.69 Å². The van der Waals surface area contributed by atoms with E-state index in [2.05, 4.69) is 14.9 Å². The second-order valence-corrected chi connectivity index (χ2v) is 6.89. The van der Waals surface area contributed by atoms with Gasteiger partial charge in [-0.3, -0.25) is 14.6 Å². The number of aromatic amines is 1. The van der Waals surface area contributed by atoms with Gasteiger partial charge in [0.15, 0.2) is 11.5 Å². The number of sulfonamides is 1. The van der Waals surface area contributed by atoms with Crippen molar-refractivity contribution in [1.29, 1.82) is 0 Å². The molecule has 3 aromatic rings. The van der Waals surface area contributed by atoms with E-state index in [4.69, 9.17) is 4.42 Å². The highest BCUT2D eigenvalue weighted by Gasteiger charge is 2.22. The molecule has 3 rings (SSSR count). The van der Waals surface area contributed by atoms with Crippen LogP contribution in [0, 0.1) is 6.92 Å². The van der Waals surface area contributed by atoms with Crippen molar-refractivity contribution >= 4 is 21.5 Å². The maximum Gasteiger partial charge on any atom is 0.265 e. The third-order valence-corrected chi connectivity index (χ3v) is 4.96. The second kappa shape index (κ2) is 5.97. The lowest BCUT2D eigenvalue weighted by Gasteiger charge is -2.07. The number of Topliss-reactive ketones (excluding diaryl/α,β-unsaturated/α-hetero) is 1. The summed E-state index contributed by atoms with van der Waals surface area (Å²) in [5, 5.41) is 6.53. The Morgan fingerprint density at radius 3 is 2.50 bits per heavy atom. The molecule has 7 nitrogen and oxygen atoms in total. The molecule has 0 aliphatic rings. The lowest BCUT2D eigenvalue weighted by molar-refractivity contribution is 0.101. The number of nitrogens with one attached hydrogen (secondary N) is 2. The first-order chi connectivity index (χ1) is 11.4. The minimum atomic E-state index is -3.81. The van der Waals surface area contributed by atoms with Gasteiger partial charge in [-0.25, -0.2) is 8.42 Å². The fourth-order valence-corrected chi connectivity index (χ4v) is 3.48. The molecule has 2 N–H and O–H groups in total. The zero-order valence-corrected chi connectivity index (χ0v) is 13.8. The molecule has 0 saturated heterocycles. The van der Waals surface area contributed by atoms with Crippen LogP contribution in [0.2, 0.25) is 0 Å². The summed E-state index contributed by atoms with van der Waals surface area (Å²) in [5.74, 6) is 0.573. The molecule has 24 heavy (non-hydrogen) atoms. The van der Waals surface area contributed by atoms with E-state index in [0.29, 0.717) is 22.7 Å². The molecule has 0 atom stereocenters. The number of H-pyrrole nitrogens is 1. The lowest BCUT2D eigenvalue weighted by atomic mass is 10.1. The summed E-state index contributed by atoms with van der Waals surface area (Å²) in [5.41, 5.74) is 1.47. The van der Waals surface area contributed by atoms with Gasteiger partial charge in [-0.1, -0.05) is 0 Å². The average Bonchev–Trinajstić information content (AvgIpc) is 3.16. The van der Waals surface area contributed by atoms with Crippen LogP contribution in [0.25, 0.3) is 11.5 Å². The van der Waals surface area contributed by atoms with Crippen LogP contribution < -0.4 is 4.72 Å². The fourth-order valence-electron chi connectivity index (χ4n) is 2.24. The van der Waals surface area contributed by atoms with Gasteiger partial charge in [0, 0.05) is 23.5 Å². The van der Waals surface area contributed by atoms with Gasteiger partial charge < -0.3 is 4.42 Å². The molecule has 2 heterocycles. The van der Waals surface area contributed by atoms with Gasteiger partial charge in [-0.15, -0.1) is 0 Å². The number of hydrogen-bond acceptors (Lipinski definition) is 5. The summed E-state index contributed by atoms with van der Waals surface area (Å²) >= 11 is 0. The third kappa shape index (κ3) is 3.09. The molecule has 0 aliphatic heterocycles. The Balaban J connectivity index is 1.89. The first-order valence-corrected chi connectivity index (χ1v) is 8.59. The Morgan fingerprint density at radius 2 is 1.92 bits per heavy atom. The third-order valence-electron chi connectivity index (χ3n) is 3.47. The molecule has 0 aliphatic carbocycles. The number of carbonyl (C=O) groups is 1. The predicted molar refractivity (Wildman–Crippen MR) is 88.3 cm³/mol. The SMILES string of the molecule is CC(=O)c1ccc(NS(=O)(=O)c2cc(-c3ccn[nH]3)oc2C)cc1. The fraction of sp³-hybridized carbons (Fsp3) is 0.125. The number of furan rings is 1. The van der Waals surface area contributed by atoms with Gasteiger partial charge in [0.25, 0.3) is 10.0 Å². The normalized spacial score (nSPS) is 11.4. The van der Waals surface area contributed by atoms with Crippen molar-refractivity contribution < 1.29 is 17.6 Å². The van der Waals surface area contributed by atoms with E-state index < -0.39 is 10.0 Å². The van der Waals surface area contributed by atoms with E-state index in [1.54, 1.807) is 43.5 Å². The highest BCUT2D eigenvalue weighted by Crippen LogP contribution is 2.28. The van der Waals surface area contributed by atoms with E-state index >= 15 is 0 Å². The molecule has 0 radical (unpaired) electrons. The number of aromatic nitrogens is 2. The van der Waals surface area contributed by atoms with Gasteiger partial charge >= 0.3 is 0 Å². The summed E-state index contributed by atoms with van der Waals surface area (Å²) < 4.78 is 33.1. The number of aryl methyl sites for hydroxylation is 1. The van der Waals surface area contributed by atoms with Crippen LogP contribution in [0.15, 0.2) is 51.9 Å². The highest BCUT2D eigenvalue weighted by atomic mass is 32.2. The Hall–Kier alpha value is -2.87. The van der Waals surface area contributed by atoms with Gasteiger partial charge in [0.2, 0.25) is 0 Å². The maximum absolute atomic E-state index is 12.6. The number of hydrogen-bond donors (Lipinski definition) is 2. The first-order valence-electron chi connectivity index (χ1n) is 7.11. The van der Waals surface area contributed by atoms with Crippen LogP contribution >= 0.6 is 0 Å².